The molecule has 1 N–H and O–H groups in total. The molecule has 0 saturated carbocycles. The first-order valence-corrected chi connectivity index (χ1v) is 5.55. The van der Waals surface area contributed by atoms with Gasteiger partial charge in [0.1, 0.15) is 16.4 Å². The molecule has 0 unspecified atom stereocenters. The summed E-state index contributed by atoms with van der Waals surface area (Å²) in [6, 6.07) is 8.38. The van der Waals surface area contributed by atoms with Crippen LogP contribution in [0.5, 0.6) is 11.5 Å². The number of ether oxygens (including phenoxy) is 1. The second-order valence-corrected chi connectivity index (χ2v) is 4.11. The van der Waals surface area contributed by atoms with E-state index in [0.717, 1.165) is 0 Å². The first-order valence-electron chi connectivity index (χ1n) is 4.67. The van der Waals surface area contributed by atoms with Gasteiger partial charge in [0, 0.05) is 5.56 Å². The molecule has 1 aromatic heterocycles. The number of aromatic hydroxyl groups is 1. The quantitative estimate of drug-likeness (QED) is 0.830. The van der Waals surface area contributed by atoms with Crippen LogP contribution in [0.4, 0.5) is 0 Å². The molecule has 0 saturated heterocycles. The Morgan fingerprint density at radius 2 is 2.19 bits per heavy atom. The van der Waals surface area contributed by atoms with Gasteiger partial charge in [-0.1, -0.05) is 12.1 Å². The number of carbonyl (C=O) groups excluding carboxylic acids is 1. The summed E-state index contributed by atoms with van der Waals surface area (Å²) in [5.41, 5.74) is 0.511. The molecular formula is C12H10O3S. The lowest BCUT2D eigenvalue weighted by molar-refractivity contribution is 0.104. The number of methoxy groups -OCH3 is 1. The van der Waals surface area contributed by atoms with Crippen molar-refractivity contribution in [1.29, 1.82) is 0 Å². The Hall–Kier alpha value is -1.81. The molecule has 2 rings (SSSR count). The van der Waals surface area contributed by atoms with Crippen molar-refractivity contribution in [2.75, 3.05) is 7.11 Å². The Kier molecular flexibility index (Phi) is 2.92. The van der Waals surface area contributed by atoms with E-state index in [9.17, 15) is 9.90 Å². The summed E-state index contributed by atoms with van der Waals surface area (Å²) >= 11 is 1.23. The summed E-state index contributed by atoms with van der Waals surface area (Å²) in [6.07, 6.45) is 0. The highest BCUT2D eigenvalue weighted by Gasteiger charge is 2.15. The van der Waals surface area contributed by atoms with Crippen LogP contribution in [0.15, 0.2) is 35.7 Å². The summed E-state index contributed by atoms with van der Waals surface area (Å²) in [5, 5.41) is 11.2. The third-order valence-corrected chi connectivity index (χ3v) is 3.08. The van der Waals surface area contributed by atoms with Crippen molar-refractivity contribution >= 4 is 17.1 Å². The van der Waals surface area contributed by atoms with Gasteiger partial charge < -0.3 is 9.84 Å². The minimum Gasteiger partial charge on any atom is -0.506 e. The molecule has 82 valence electrons. The zero-order valence-electron chi connectivity index (χ0n) is 8.64. The van der Waals surface area contributed by atoms with Gasteiger partial charge in [0.2, 0.25) is 5.78 Å². The third kappa shape index (κ3) is 1.92. The number of benzene rings is 1. The van der Waals surface area contributed by atoms with Crippen LogP contribution in [0.2, 0.25) is 0 Å². The fourth-order valence-corrected chi connectivity index (χ4v) is 2.11. The standard InChI is InChI=1S/C12H10O3S/c1-15-9-4-2-3-8(7-9)11(14)12-10(13)5-6-16-12/h2-7,13H,1H3. The van der Waals surface area contributed by atoms with Crippen molar-refractivity contribution in [2.24, 2.45) is 0 Å². The highest BCUT2D eigenvalue weighted by atomic mass is 32.1. The lowest BCUT2D eigenvalue weighted by Crippen LogP contribution is -1.99. The number of carbonyl (C=O) groups is 1. The Labute approximate surface area is 96.9 Å². The lowest BCUT2D eigenvalue weighted by atomic mass is 10.1. The maximum Gasteiger partial charge on any atom is 0.206 e. The molecule has 0 bridgehead atoms. The second kappa shape index (κ2) is 4.37. The molecule has 0 atom stereocenters. The number of thiophene rings is 1. The second-order valence-electron chi connectivity index (χ2n) is 3.20. The van der Waals surface area contributed by atoms with Crippen LogP contribution in [-0.4, -0.2) is 18.0 Å². The molecule has 0 aliphatic carbocycles. The molecule has 0 fully saturated rings. The predicted molar refractivity (Wildman–Crippen MR) is 62.4 cm³/mol. The predicted octanol–water partition coefficient (Wildman–Crippen LogP) is 2.69. The Morgan fingerprint density at radius 1 is 1.38 bits per heavy atom. The van der Waals surface area contributed by atoms with E-state index >= 15 is 0 Å². The van der Waals surface area contributed by atoms with E-state index in [1.165, 1.54) is 17.4 Å². The minimum absolute atomic E-state index is 0.0258. The normalized spacial score (nSPS) is 10.1. The van der Waals surface area contributed by atoms with E-state index in [4.69, 9.17) is 4.74 Å². The first kappa shape index (κ1) is 10.7. The van der Waals surface area contributed by atoms with Gasteiger partial charge in [-0.25, -0.2) is 0 Å². The summed E-state index contributed by atoms with van der Waals surface area (Å²) in [6.45, 7) is 0. The largest absolute Gasteiger partial charge is 0.506 e. The Bertz CT molecular complexity index is 516. The zero-order chi connectivity index (χ0) is 11.5. The molecule has 3 nitrogen and oxygen atoms in total. The van der Waals surface area contributed by atoms with Gasteiger partial charge in [0.15, 0.2) is 0 Å². The van der Waals surface area contributed by atoms with Crippen LogP contribution in [-0.2, 0) is 0 Å². The van der Waals surface area contributed by atoms with E-state index in [0.29, 0.717) is 16.2 Å². The van der Waals surface area contributed by atoms with Crippen LogP contribution >= 0.6 is 11.3 Å². The molecule has 0 aliphatic heterocycles. The van der Waals surface area contributed by atoms with E-state index in [1.54, 1.807) is 36.8 Å². The Balaban J connectivity index is 2.38. The van der Waals surface area contributed by atoms with Gasteiger partial charge in [0.05, 0.1) is 7.11 Å². The van der Waals surface area contributed by atoms with Crippen molar-refractivity contribution in [3.8, 4) is 11.5 Å². The smallest absolute Gasteiger partial charge is 0.206 e. The van der Waals surface area contributed by atoms with Crippen molar-refractivity contribution in [3.63, 3.8) is 0 Å². The van der Waals surface area contributed by atoms with Crippen molar-refractivity contribution in [3.05, 3.63) is 46.2 Å². The SMILES string of the molecule is COc1cccc(C(=O)c2sccc2O)c1. The number of ketones is 1. The molecule has 4 heteroatoms. The Morgan fingerprint density at radius 3 is 2.81 bits per heavy atom. The molecular weight excluding hydrogens is 224 g/mol. The molecule has 16 heavy (non-hydrogen) atoms. The van der Waals surface area contributed by atoms with Gasteiger partial charge in [-0.05, 0) is 23.6 Å². The van der Waals surface area contributed by atoms with Crippen LogP contribution in [0.3, 0.4) is 0 Å². The van der Waals surface area contributed by atoms with Crippen LogP contribution in [0, 0.1) is 0 Å². The average Bonchev–Trinajstić information content (AvgIpc) is 2.74. The molecule has 2 aromatic rings. The van der Waals surface area contributed by atoms with Crippen molar-refractivity contribution < 1.29 is 14.6 Å². The van der Waals surface area contributed by atoms with Crippen molar-refractivity contribution in [2.45, 2.75) is 0 Å². The van der Waals surface area contributed by atoms with Gasteiger partial charge >= 0.3 is 0 Å². The van der Waals surface area contributed by atoms with E-state index in [-0.39, 0.29) is 11.5 Å². The van der Waals surface area contributed by atoms with Crippen LogP contribution in [0.1, 0.15) is 15.2 Å². The number of rotatable bonds is 3. The number of hydrogen-bond donors (Lipinski definition) is 1. The van der Waals surface area contributed by atoms with Gasteiger partial charge in [-0.3, -0.25) is 4.79 Å². The maximum absolute atomic E-state index is 12.0. The van der Waals surface area contributed by atoms with Gasteiger partial charge in [-0.15, -0.1) is 11.3 Å². The summed E-state index contributed by atoms with van der Waals surface area (Å²) in [4.78, 5) is 12.3. The number of hydrogen-bond acceptors (Lipinski definition) is 4. The highest BCUT2D eigenvalue weighted by molar-refractivity contribution is 7.12. The molecule has 1 aromatic carbocycles. The molecule has 1 heterocycles. The molecule has 0 spiro atoms. The summed E-state index contributed by atoms with van der Waals surface area (Å²) in [5.74, 6) is 0.464. The average molecular weight is 234 g/mol. The maximum atomic E-state index is 12.0. The van der Waals surface area contributed by atoms with Crippen LogP contribution in [0.25, 0.3) is 0 Å². The third-order valence-electron chi connectivity index (χ3n) is 2.18. The van der Waals surface area contributed by atoms with E-state index in [2.05, 4.69) is 0 Å². The van der Waals surface area contributed by atoms with Gasteiger partial charge in [0.25, 0.3) is 0 Å². The summed E-state index contributed by atoms with van der Waals surface area (Å²) < 4.78 is 5.04. The molecule has 0 radical (unpaired) electrons. The minimum atomic E-state index is -0.189. The fourth-order valence-electron chi connectivity index (χ4n) is 1.37. The topological polar surface area (TPSA) is 46.5 Å². The van der Waals surface area contributed by atoms with E-state index in [1.807, 2.05) is 0 Å². The fraction of sp³-hybridized carbons (Fsp3) is 0.0833. The van der Waals surface area contributed by atoms with Crippen molar-refractivity contribution in [1.82, 2.24) is 0 Å². The van der Waals surface area contributed by atoms with E-state index < -0.39 is 0 Å². The molecule has 0 amide bonds. The highest BCUT2D eigenvalue weighted by Crippen LogP contribution is 2.27. The summed E-state index contributed by atoms with van der Waals surface area (Å²) in [7, 11) is 1.55. The first-order chi connectivity index (χ1) is 7.72. The molecule has 0 aliphatic rings. The lowest BCUT2D eigenvalue weighted by Gasteiger charge is -2.02. The zero-order valence-corrected chi connectivity index (χ0v) is 9.45. The van der Waals surface area contributed by atoms with Crippen LogP contribution < -0.4 is 4.74 Å². The van der Waals surface area contributed by atoms with Gasteiger partial charge in [-0.2, -0.15) is 0 Å². The monoisotopic (exact) mass is 234 g/mol.